The summed E-state index contributed by atoms with van der Waals surface area (Å²) in [4.78, 5) is 0. The van der Waals surface area contributed by atoms with E-state index in [1.54, 1.807) is 13.8 Å². The number of aromatic nitrogens is 3. The minimum atomic E-state index is -4.66. The molecule has 0 saturated carbocycles. The standard InChI is InChI=1S/C8H13F3N4O/c1-7(2,12)5-3-15(14-13-5)4-6(16)8(9,10)11/h3,6,16H,4,12H2,1-2H3. The SMILES string of the molecule is CC(C)(N)c1cn(CC(O)C(F)(F)F)nn1. The summed E-state index contributed by atoms with van der Waals surface area (Å²) < 4.78 is 37.0. The maximum Gasteiger partial charge on any atom is 0.416 e. The van der Waals surface area contributed by atoms with E-state index in [-0.39, 0.29) is 0 Å². The van der Waals surface area contributed by atoms with Crippen molar-refractivity contribution in [1.29, 1.82) is 0 Å². The van der Waals surface area contributed by atoms with Crippen LogP contribution < -0.4 is 5.73 Å². The normalized spacial score (nSPS) is 15.2. The second kappa shape index (κ2) is 4.02. The van der Waals surface area contributed by atoms with Crippen molar-refractivity contribution < 1.29 is 18.3 Å². The summed E-state index contributed by atoms with van der Waals surface area (Å²) >= 11 is 0. The Labute approximate surface area is 90.0 Å². The summed E-state index contributed by atoms with van der Waals surface area (Å²) in [6.45, 7) is 2.62. The van der Waals surface area contributed by atoms with Gasteiger partial charge in [0.25, 0.3) is 0 Å². The van der Waals surface area contributed by atoms with Crippen molar-refractivity contribution in [3.63, 3.8) is 0 Å². The number of nitrogens with zero attached hydrogens (tertiary/aromatic N) is 3. The van der Waals surface area contributed by atoms with Crippen molar-refractivity contribution >= 4 is 0 Å². The number of hydrogen-bond acceptors (Lipinski definition) is 4. The lowest BCUT2D eigenvalue weighted by atomic mass is 10.0. The van der Waals surface area contributed by atoms with Gasteiger partial charge < -0.3 is 10.8 Å². The highest BCUT2D eigenvalue weighted by Crippen LogP contribution is 2.21. The van der Waals surface area contributed by atoms with E-state index < -0.39 is 24.4 Å². The van der Waals surface area contributed by atoms with Gasteiger partial charge in [-0.2, -0.15) is 13.2 Å². The highest BCUT2D eigenvalue weighted by molar-refractivity contribution is 5.05. The van der Waals surface area contributed by atoms with Crippen molar-refractivity contribution in [3.05, 3.63) is 11.9 Å². The van der Waals surface area contributed by atoms with Crippen LogP contribution in [0.4, 0.5) is 13.2 Å². The molecule has 1 aromatic heterocycles. The van der Waals surface area contributed by atoms with Crippen molar-refractivity contribution in [2.75, 3.05) is 0 Å². The molecule has 1 heterocycles. The molecule has 1 unspecified atom stereocenters. The van der Waals surface area contributed by atoms with Crippen LogP contribution in [0, 0.1) is 0 Å². The Morgan fingerprint density at radius 1 is 1.50 bits per heavy atom. The van der Waals surface area contributed by atoms with E-state index in [4.69, 9.17) is 10.8 Å². The van der Waals surface area contributed by atoms with Gasteiger partial charge in [0.2, 0.25) is 0 Å². The minimum absolute atomic E-state index is 0.363. The highest BCUT2D eigenvalue weighted by atomic mass is 19.4. The zero-order valence-electron chi connectivity index (χ0n) is 8.86. The molecule has 8 heteroatoms. The number of rotatable bonds is 3. The van der Waals surface area contributed by atoms with Gasteiger partial charge in [0.05, 0.1) is 18.3 Å². The smallest absolute Gasteiger partial charge is 0.382 e. The van der Waals surface area contributed by atoms with Crippen LogP contribution in [0.1, 0.15) is 19.5 Å². The number of halogens is 3. The van der Waals surface area contributed by atoms with Crippen molar-refractivity contribution in [2.45, 2.75) is 38.2 Å². The number of aliphatic hydroxyl groups is 1. The molecular formula is C8H13F3N4O. The van der Waals surface area contributed by atoms with E-state index in [0.717, 1.165) is 4.68 Å². The summed E-state index contributed by atoms with van der Waals surface area (Å²) in [5.41, 5.74) is 5.27. The average molecular weight is 238 g/mol. The molecule has 0 amide bonds. The van der Waals surface area contributed by atoms with Crippen LogP contribution in [0.5, 0.6) is 0 Å². The number of nitrogens with two attached hydrogens (primary N) is 1. The molecule has 0 radical (unpaired) electrons. The Balaban J connectivity index is 2.74. The Morgan fingerprint density at radius 3 is 2.44 bits per heavy atom. The summed E-state index contributed by atoms with van der Waals surface area (Å²) in [6.07, 6.45) is -5.83. The predicted molar refractivity (Wildman–Crippen MR) is 49.3 cm³/mol. The van der Waals surface area contributed by atoms with Gasteiger partial charge in [-0.05, 0) is 13.8 Å². The van der Waals surface area contributed by atoms with Crippen LogP contribution in [0.25, 0.3) is 0 Å². The summed E-state index contributed by atoms with van der Waals surface area (Å²) in [7, 11) is 0. The Morgan fingerprint density at radius 2 is 2.06 bits per heavy atom. The maximum atomic E-state index is 12.0. The number of hydrogen-bond donors (Lipinski definition) is 2. The third-order valence-electron chi connectivity index (χ3n) is 1.94. The molecule has 0 spiro atoms. The minimum Gasteiger partial charge on any atom is -0.382 e. The molecule has 0 aliphatic rings. The summed E-state index contributed by atoms with van der Waals surface area (Å²) in [5, 5.41) is 15.9. The molecule has 3 N–H and O–H groups in total. The maximum absolute atomic E-state index is 12.0. The fourth-order valence-electron chi connectivity index (χ4n) is 0.964. The first-order valence-electron chi connectivity index (χ1n) is 4.55. The van der Waals surface area contributed by atoms with Crippen LogP contribution in [0.15, 0.2) is 6.20 Å². The third-order valence-corrected chi connectivity index (χ3v) is 1.94. The van der Waals surface area contributed by atoms with E-state index in [9.17, 15) is 13.2 Å². The second-order valence-electron chi connectivity index (χ2n) is 4.10. The lowest BCUT2D eigenvalue weighted by molar-refractivity contribution is -0.208. The molecular weight excluding hydrogens is 225 g/mol. The van der Waals surface area contributed by atoms with E-state index in [0.29, 0.717) is 5.69 Å². The van der Waals surface area contributed by atoms with Gasteiger partial charge >= 0.3 is 6.18 Å². The molecule has 0 fully saturated rings. The topological polar surface area (TPSA) is 77.0 Å². The quantitative estimate of drug-likeness (QED) is 0.798. The lowest BCUT2D eigenvalue weighted by Gasteiger charge is -2.14. The largest absolute Gasteiger partial charge is 0.416 e. The zero-order chi connectivity index (χ0) is 12.6. The molecule has 0 aliphatic heterocycles. The Hall–Kier alpha value is -1.15. The Kier molecular flexibility index (Phi) is 3.25. The fraction of sp³-hybridized carbons (Fsp3) is 0.750. The predicted octanol–water partition coefficient (Wildman–Crippen LogP) is 0.395. The van der Waals surface area contributed by atoms with E-state index >= 15 is 0 Å². The van der Waals surface area contributed by atoms with Gasteiger partial charge in [-0.3, -0.25) is 0 Å². The molecule has 92 valence electrons. The molecule has 1 atom stereocenters. The lowest BCUT2D eigenvalue weighted by Crippen LogP contribution is -2.33. The van der Waals surface area contributed by atoms with Gasteiger partial charge in [0.15, 0.2) is 6.10 Å². The molecule has 5 nitrogen and oxygen atoms in total. The highest BCUT2D eigenvalue weighted by Gasteiger charge is 2.38. The van der Waals surface area contributed by atoms with Gasteiger partial charge in [0.1, 0.15) is 5.69 Å². The van der Waals surface area contributed by atoms with Crippen LogP contribution in [0.3, 0.4) is 0 Å². The summed E-state index contributed by atoms with van der Waals surface area (Å²) in [6, 6.07) is 0. The molecule has 0 bridgehead atoms. The zero-order valence-corrected chi connectivity index (χ0v) is 8.86. The van der Waals surface area contributed by atoms with Crippen LogP contribution in [0.2, 0.25) is 0 Å². The first-order chi connectivity index (χ1) is 7.10. The van der Waals surface area contributed by atoms with Crippen molar-refractivity contribution in [2.24, 2.45) is 5.73 Å². The molecule has 1 aromatic rings. The molecule has 0 saturated heterocycles. The van der Waals surface area contributed by atoms with Gasteiger partial charge in [-0.1, -0.05) is 5.21 Å². The average Bonchev–Trinajstić information content (AvgIpc) is 2.49. The van der Waals surface area contributed by atoms with E-state index in [1.807, 2.05) is 0 Å². The van der Waals surface area contributed by atoms with Crippen molar-refractivity contribution in [1.82, 2.24) is 15.0 Å². The fourth-order valence-corrected chi connectivity index (χ4v) is 0.964. The second-order valence-corrected chi connectivity index (χ2v) is 4.10. The number of alkyl halides is 3. The van der Waals surface area contributed by atoms with Gasteiger partial charge in [0, 0.05) is 0 Å². The number of aliphatic hydroxyl groups excluding tert-OH is 1. The first kappa shape index (κ1) is 12.9. The molecule has 1 rings (SSSR count). The van der Waals surface area contributed by atoms with Crippen LogP contribution >= 0.6 is 0 Å². The molecule has 0 aromatic carbocycles. The third kappa shape index (κ3) is 3.17. The van der Waals surface area contributed by atoms with Gasteiger partial charge in [-0.15, -0.1) is 5.10 Å². The van der Waals surface area contributed by atoms with Crippen LogP contribution in [-0.2, 0) is 12.1 Å². The molecule has 0 aliphatic carbocycles. The molecule has 16 heavy (non-hydrogen) atoms. The summed E-state index contributed by atoms with van der Waals surface area (Å²) in [5.74, 6) is 0. The van der Waals surface area contributed by atoms with E-state index in [1.165, 1.54) is 6.20 Å². The first-order valence-corrected chi connectivity index (χ1v) is 4.55. The monoisotopic (exact) mass is 238 g/mol. The van der Waals surface area contributed by atoms with E-state index in [2.05, 4.69) is 10.3 Å². The van der Waals surface area contributed by atoms with Crippen molar-refractivity contribution in [3.8, 4) is 0 Å². The Bertz CT molecular complexity index is 355. The van der Waals surface area contributed by atoms with Gasteiger partial charge in [-0.25, -0.2) is 4.68 Å². The van der Waals surface area contributed by atoms with Crippen LogP contribution in [-0.4, -0.2) is 32.4 Å².